The Labute approximate surface area is 102 Å². The molecule has 0 aliphatic heterocycles. The van der Waals surface area contributed by atoms with Gasteiger partial charge in [-0.1, -0.05) is 6.07 Å². The molecule has 4 heteroatoms. The normalized spacial score (nSPS) is 9.53. The van der Waals surface area contributed by atoms with Crippen LogP contribution in [-0.4, -0.2) is 26.0 Å². The second kappa shape index (κ2) is 5.90. The Morgan fingerprint density at radius 1 is 1.53 bits per heavy atom. The third-order valence-electron chi connectivity index (χ3n) is 2.61. The molecule has 1 amide bonds. The highest BCUT2D eigenvalue weighted by atomic mass is 16.1. The number of likely N-dealkylation sites (N-methyl/N-ethyl adjacent to an activating group) is 2. The molecular weight excluding hydrogens is 214 g/mol. The molecule has 1 aromatic rings. The van der Waals surface area contributed by atoms with Gasteiger partial charge in [0.15, 0.2) is 0 Å². The van der Waals surface area contributed by atoms with Gasteiger partial charge in [0.25, 0.3) is 0 Å². The minimum absolute atomic E-state index is 0.0581. The first-order valence-corrected chi connectivity index (χ1v) is 5.58. The topological polar surface area (TPSA) is 56.1 Å². The van der Waals surface area contributed by atoms with Crippen LogP contribution in [0.3, 0.4) is 0 Å². The van der Waals surface area contributed by atoms with Gasteiger partial charge in [-0.25, -0.2) is 0 Å². The van der Waals surface area contributed by atoms with Gasteiger partial charge in [-0.3, -0.25) is 4.79 Å². The number of nitrogens with zero attached hydrogens (tertiary/aromatic N) is 2. The lowest BCUT2D eigenvalue weighted by Crippen LogP contribution is -2.35. The van der Waals surface area contributed by atoms with Crippen LogP contribution >= 0.6 is 0 Å². The SMILES string of the molecule is CCN(CC(=O)NC)c1cc(C)ccc1C#N. The van der Waals surface area contributed by atoms with E-state index in [0.717, 1.165) is 11.3 Å². The largest absolute Gasteiger partial charge is 0.361 e. The molecule has 0 aliphatic carbocycles. The second-order valence-corrected chi connectivity index (χ2v) is 3.82. The number of carbonyl (C=O) groups is 1. The Bertz CT molecular complexity index is 448. The fraction of sp³-hybridized carbons (Fsp3) is 0.385. The van der Waals surface area contributed by atoms with E-state index in [2.05, 4.69) is 11.4 Å². The van der Waals surface area contributed by atoms with Crippen LogP contribution in [0.1, 0.15) is 18.1 Å². The smallest absolute Gasteiger partial charge is 0.239 e. The Kier molecular flexibility index (Phi) is 4.53. The minimum Gasteiger partial charge on any atom is -0.361 e. The number of rotatable bonds is 4. The molecule has 1 N–H and O–H groups in total. The summed E-state index contributed by atoms with van der Waals surface area (Å²) in [5.41, 5.74) is 2.49. The van der Waals surface area contributed by atoms with E-state index in [4.69, 9.17) is 5.26 Å². The van der Waals surface area contributed by atoms with E-state index in [0.29, 0.717) is 12.1 Å². The number of hydrogen-bond donors (Lipinski definition) is 1. The third-order valence-corrected chi connectivity index (χ3v) is 2.61. The van der Waals surface area contributed by atoms with Gasteiger partial charge < -0.3 is 10.2 Å². The molecule has 1 aromatic carbocycles. The molecule has 0 bridgehead atoms. The zero-order valence-electron chi connectivity index (χ0n) is 10.4. The number of nitriles is 1. The van der Waals surface area contributed by atoms with Gasteiger partial charge in [0.1, 0.15) is 6.07 Å². The molecule has 0 spiro atoms. The van der Waals surface area contributed by atoms with Crippen molar-refractivity contribution in [3.63, 3.8) is 0 Å². The van der Waals surface area contributed by atoms with Crippen LogP contribution in [-0.2, 0) is 4.79 Å². The van der Waals surface area contributed by atoms with E-state index in [9.17, 15) is 4.79 Å². The molecular formula is C13H17N3O. The van der Waals surface area contributed by atoms with E-state index >= 15 is 0 Å². The third kappa shape index (κ3) is 3.22. The lowest BCUT2D eigenvalue weighted by Gasteiger charge is -2.23. The fourth-order valence-electron chi connectivity index (χ4n) is 1.62. The summed E-state index contributed by atoms with van der Waals surface area (Å²) in [4.78, 5) is 13.3. The summed E-state index contributed by atoms with van der Waals surface area (Å²) >= 11 is 0. The van der Waals surface area contributed by atoms with Crippen LogP contribution in [0.5, 0.6) is 0 Å². The molecule has 0 saturated carbocycles. The van der Waals surface area contributed by atoms with Crippen molar-refractivity contribution in [2.24, 2.45) is 0 Å². The average molecular weight is 231 g/mol. The molecule has 90 valence electrons. The molecule has 1 rings (SSSR count). The first kappa shape index (κ1) is 13.0. The van der Waals surface area contributed by atoms with Crippen molar-refractivity contribution >= 4 is 11.6 Å². The first-order chi connectivity index (χ1) is 8.12. The van der Waals surface area contributed by atoms with Crippen LogP contribution in [0.25, 0.3) is 0 Å². The number of aryl methyl sites for hydroxylation is 1. The zero-order chi connectivity index (χ0) is 12.8. The highest BCUT2D eigenvalue weighted by molar-refractivity contribution is 5.81. The van der Waals surface area contributed by atoms with Crippen LogP contribution in [0.2, 0.25) is 0 Å². The van der Waals surface area contributed by atoms with Gasteiger partial charge >= 0.3 is 0 Å². The van der Waals surface area contributed by atoms with Gasteiger partial charge in [-0.15, -0.1) is 0 Å². The van der Waals surface area contributed by atoms with Crippen molar-refractivity contribution < 1.29 is 4.79 Å². The molecule has 4 nitrogen and oxygen atoms in total. The molecule has 0 aliphatic rings. The fourth-order valence-corrected chi connectivity index (χ4v) is 1.62. The molecule has 0 atom stereocenters. The number of anilines is 1. The number of amides is 1. The highest BCUT2D eigenvalue weighted by Gasteiger charge is 2.12. The summed E-state index contributed by atoms with van der Waals surface area (Å²) in [6, 6.07) is 7.78. The standard InChI is InChI=1S/C13H17N3O/c1-4-16(9-13(17)15-3)12-7-10(2)5-6-11(12)8-14/h5-7H,4,9H2,1-3H3,(H,15,17). The molecule has 0 unspecified atom stereocenters. The van der Waals surface area contributed by atoms with Crippen molar-refractivity contribution in [3.05, 3.63) is 29.3 Å². The van der Waals surface area contributed by atoms with Crippen molar-refractivity contribution in [2.75, 3.05) is 25.0 Å². The van der Waals surface area contributed by atoms with Crippen LogP contribution in [0.15, 0.2) is 18.2 Å². The summed E-state index contributed by atoms with van der Waals surface area (Å²) in [5.74, 6) is -0.0581. The van der Waals surface area contributed by atoms with E-state index in [1.165, 1.54) is 0 Å². The lowest BCUT2D eigenvalue weighted by molar-refractivity contribution is -0.119. The Morgan fingerprint density at radius 3 is 2.76 bits per heavy atom. The predicted molar refractivity (Wildman–Crippen MR) is 67.8 cm³/mol. The quantitative estimate of drug-likeness (QED) is 0.853. The Balaban J connectivity index is 3.06. The first-order valence-electron chi connectivity index (χ1n) is 5.58. The monoisotopic (exact) mass is 231 g/mol. The van der Waals surface area contributed by atoms with Gasteiger partial charge in [0, 0.05) is 13.6 Å². The van der Waals surface area contributed by atoms with Gasteiger partial charge in [-0.2, -0.15) is 5.26 Å². The van der Waals surface area contributed by atoms with Crippen molar-refractivity contribution in [1.29, 1.82) is 5.26 Å². The van der Waals surface area contributed by atoms with Crippen molar-refractivity contribution in [3.8, 4) is 6.07 Å². The van der Waals surface area contributed by atoms with Crippen LogP contribution < -0.4 is 10.2 Å². The molecule has 0 fully saturated rings. The minimum atomic E-state index is -0.0581. The molecule has 0 radical (unpaired) electrons. The zero-order valence-corrected chi connectivity index (χ0v) is 10.4. The maximum Gasteiger partial charge on any atom is 0.239 e. The molecule has 0 saturated heterocycles. The maximum atomic E-state index is 11.4. The summed E-state index contributed by atoms with van der Waals surface area (Å²) < 4.78 is 0. The Morgan fingerprint density at radius 2 is 2.24 bits per heavy atom. The average Bonchev–Trinajstić information content (AvgIpc) is 2.35. The number of benzene rings is 1. The molecule has 0 aromatic heterocycles. The molecule has 0 heterocycles. The number of carbonyl (C=O) groups excluding carboxylic acids is 1. The second-order valence-electron chi connectivity index (χ2n) is 3.82. The summed E-state index contributed by atoms with van der Waals surface area (Å²) in [7, 11) is 1.61. The van der Waals surface area contributed by atoms with Gasteiger partial charge in [0.05, 0.1) is 17.8 Å². The number of nitrogens with one attached hydrogen (secondary N) is 1. The van der Waals surface area contributed by atoms with E-state index in [1.807, 2.05) is 30.9 Å². The van der Waals surface area contributed by atoms with E-state index in [-0.39, 0.29) is 12.5 Å². The summed E-state index contributed by atoms with van der Waals surface area (Å²) in [6.07, 6.45) is 0. The van der Waals surface area contributed by atoms with Crippen LogP contribution in [0, 0.1) is 18.3 Å². The van der Waals surface area contributed by atoms with Gasteiger partial charge in [-0.05, 0) is 31.5 Å². The summed E-state index contributed by atoms with van der Waals surface area (Å²) in [6.45, 7) is 4.89. The van der Waals surface area contributed by atoms with Gasteiger partial charge in [0.2, 0.25) is 5.91 Å². The van der Waals surface area contributed by atoms with E-state index < -0.39 is 0 Å². The lowest BCUT2D eigenvalue weighted by atomic mass is 10.1. The van der Waals surface area contributed by atoms with Crippen molar-refractivity contribution in [1.82, 2.24) is 5.32 Å². The number of hydrogen-bond acceptors (Lipinski definition) is 3. The predicted octanol–water partition coefficient (Wildman–Crippen LogP) is 1.44. The highest BCUT2D eigenvalue weighted by Crippen LogP contribution is 2.21. The van der Waals surface area contributed by atoms with Crippen LogP contribution in [0.4, 0.5) is 5.69 Å². The van der Waals surface area contributed by atoms with E-state index in [1.54, 1.807) is 13.1 Å². The molecule has 17 heavy (non-hydrogen) atoms. The summed E-state index contributed by atoms with van der Waals surface area (Å²) in [5, 5.41) is 11.7. The maximum absolute atomic E-state index is 11.4. The Hall–Kier alpha value is -2.02. The van der Waals surface area contributed by atoms with Crippen molar-refractivity contribution in [2.45, 2.75) is 13.8 Å².